The Bertz CT molecular complexity index is 559. The Labute approximate surface area is 110 Å². The molecule has 2 aromatic rings. The number of hydrogen-bond donors (Lipinski definition) is 1. The monoisotopic (exact) mass is 315 g/mol. The second-order valence-electron chi connectivity index (χ2n) is 3.79. The summed E-state index contributed by atoms with van der Waals surface area (Å²) in [6, 6.07) is 1.73. The summed E-state index contributed by atoms with van der Waals surface area (Å²) in [6.07, 6.45) is 1.51. The Balaban J connectivity index is 2.60. The molecule has 0 atom stereocenters. The maximum Gasteiger partial charge on any atom is 0.356 e. The molecule has 6 heteroatoms. The minimum Gasteiger partial charge on any atom is -0.476 e. The van der Waals surface area contributed by atoms with Crippen LogP contribution in [0.4, 0.5) is 0 Å². The van der Waals surface area contributed by atoms with E-state index in [-0.39, 0.29) is 11.6 Å². The van der Waals surface area contributed by atoms with Crippen molar-refractivity contribution in [3.63, 3.8) is 0 Å². The van der Waals surface area contributed by atoms with E-state index in [0.717, 1.165) is 9.48 Å². The lowest BCUT2D eigenvalue weighted by atomic mass is 10.2. The Morgan fingerprint density at radius 3 is 2.76 bits per heavy atom. The number of carboxylic acid groups (broad SMARTS) is 1. The molecule has 0 fully saturated rings. The van der Waals surface area contributed by atoms with Crippen LogP contribution in [0.2, 0.25) is 0 Å². The van der Waals surface area contributed by atoms with Crippen LogP contribution < -0.4 is 0 Å². The summed E-state index contributed by atoms with van der Waals surface area (Å²) in [5, 5.41) is 9.93. The molecule has 0 radical (unpaired) electrons. The molecule has 90 valence electrons. The number of furan rings is 1. The quantitative estimate of drug-likeness (QED) is 0.930. The summed E-state index contributed by atoms with van der Waals surface area (Å²) in [4.78, 5) is 15.8. The molecular weight excluding hydrogens is 306 g/mol. The van der Waals surface area contributed by atoms with Gasteiger partial charge in [-0.1, -0.05) is 13.8 Å². The predicted octanol–water partition coefficient (Wildman–Crippen LogP) is 3.99. The lowest BCUT2D eigenvalue weighted by Gasteiger charge is -1.95. The largest absolute Gasteiger partial charge is 0.476 e. The van der Waals surface area contributed by atoms with Crippen molar-refractivity contribution in [2.45, 2.75) is 19.8 Å². The highest BCUT2D eigenvalue weighted by molar-refractivity contribution is 9.10. The van der Waals surface area contributed by atoms with Gasteiger partial charge in [0.15, 0.2) is 11.5 Å². The Kier molecular flexibility index (Phi) is 3.35. The summed E-state index contributed by atoms with van der Waals surface area (Å²) in [7, 11) is 0. The van der Waals surface area contributed by atoms with Gasteiger partial charge in [-0.3, -0.25) is 0 Å². The van der Waals surface area contributed by atoms with Gasteiger partial charge in [0.05, 0.1) is 15.7 Å². The fourth-order valence-corrected chi connectivity index (χ4v) is 2.93. The molecule has 2 rings (SSSR count). The maximum atomic E-state index is 11.2. The van der Waals surface area contributed by atoms with Gasteiger partial charge in [0.1, 0.15) is 4.88 Å². The van der Waals surface area contributed by atoms with Crippen molar-refractivity contribution in [3.05, 3.63) is 27.5 Å². The van der Waals surface area contributed by atoms with E-state index in [1.54, 1.807) is 6.07 Å². The van der Waals surface area contributed by atoms with Crippen molar-refractivity contribution in [3.8, 4) is 10.6 Å². The average molecular weight is 316 g/mol. The summed E-state index contributed by atoms with van der Waals surface area (Å²) in [5.74, 6) is -0.321. The van der Waals surface area contributed by atoms with Gasteiger partial charge in [0.25, 0.3) is 0 Å². The number of thiazole rings is 1. The van der Waals surface area contributed by atoms with Crippen molar-refractivity contribution in [1.82, 2.24) is 4.98 Å². The third-order valence-electron chi connectivity index (χ3n) is 2.16. The normalized spacial score (nSPS) is 11.1. The molecule has 0 aliphatic heterocycles. The number of carboxylic acids is 1. The highest BCUT2D eigenvalue weighted by atomic mass is 79.9. The fourth-order valence-electron chi connectivity index (χ4n) is 1.34. The SMILES string of the molecule is CC(C)c1nc(C(=O)O)c(-c2occc2Br)s1. The molecule has 2 heterocycles. The zero-order chi connectivity index (χ0) is 12.6. The second kappa shape index (κ2) is 4.62. The van der Waals surface area contributed by atoms with Gasteiger partial charge in [0.2, 0.25) is 0 Å². The maximum absolute atomic E-state index is 11.2. The molecule has 2 aromatic heterocycles. The Morgan fingerprint density at radius 2 is 2.29 bits per heavy atom. The van der Waals surface area contributed by atoms with Crippen LogP contribution in [0, 0.1) is 0 Å². The zero-order valence-corrected chi connectivity index (χ0v) is 11.6. The molecule has 0 unspecified atom stereocenters. The molecule has 0 amide bonds. The van der Waals surface area contributed by atoms with Crippen molar-refractivity contribution in [1.29, 1.82) is 0 Å². The van der Waals surface area contributed by atoms with E-state index in [0.29, 0.717) is 10.6 Å². The summed E-state index contributed by atoms with van der Waals surface area (Å²) < 4.78 is 6.03. The number of carbonyl (C=O) groups is 1. The third-order valence-corrected chi connectivity index (χ3v) is 4.14. The van der Waals surface area contributed by atoms with E-state index in [1.807, 2.05) is 13.8 Å². The molecule has 0 bridgehead atoms. The van der Waals surface area contributed by atoms with E-state index in [4.69, 9.17) is 9.52 Å². The fraction of sp³-hybridized carbons (Fsp3) is 0.273. The predicted molar refractivity (Wildman–Crippen MR) is 68.6 cm³/mol. The number of halogens is 1. The smallest absolute Gasteiger partial charge is 0.356 e. The first-order valence-electron chi connectivity index (χ1n) is 4.98. The van der Waals surface area contributed by atoms with Gasteiger partial charge in [-0.2, -0.15) is 0 Å². The van der Waals surface area contributed by atoms with Crippen LogP contribution in [0.3, 0.4) is 0 Å². The first-order valence-corrected chi connectivity index (χ1v) is 6.59. The third kappa shape index (κ3) is 2.28. The van der Waals surface area contributed by atoms with Crippen LogP contribution in [0.5, 0.6) is 0 Å². The number of aromatic carboxylic acids is 1. The molecular formula is C11H10BrNO3S. The Hall–Kier alpha value is -1.14. The first kappa shape index (κ1) is 12.3. The van der Waals surface area contributed by atoms with E-state index < -0.39 is 5.97 Å². The van der Waals surface area contributed by atoms with Crippen molar-refractivity contribution < 1.29 is 14.3 Å². The van der Waals surface area contributed by atoms with Crippen LogP contribution in [0.15, 0.2) is 21.2 Å². The highest BCUT2D eigenvalue weighted by Gasteiger charge is 2.23. The number of nitrogens with zero attached hydrogens (tertiary/aromatic N) is 1. The van der Waals surface area contributed by atoms with Crippen LogP contribution in [-0.4, -0.2) is 16.1 Å². The minimum absolute atomic E-state index is 0.0503. The van der Waals surface area contributed by atoms with Gasteiger partial charge in [-0.15, -0.1) is 11.3 Å². The Morgan fingerprint density at radius 1 is 1.59 bits per heavy atom. The summed E-state index contributed by atoms with van der Waals surface area (Å²) in [6.45, 7) is 3.96. The first-order chi connectivity index (χ1) is 8.00. The number of aromatic nitrogens is 1. The van der Waals surface area contributed by atoms with E-state index >= 15 is 0 Å². The molecule has 1 N–H and O–H groups in total. The van der Waals surface area contributed by atoms with E-state index in [9.17, 15) is 4.79 Å². The van der Waals surface area contributed by atoms with Crippen molar-refractivity contribution in [2.24, 2.45) is 0 Å². The second-order valence-corrected chi connectivity index (χ2v) is 5.67. The van der Waals surface area contributed by atoms with E-state index in [1.165, 1.54) is 17.6 Å². The molecule has 0 saturated carbocycles. The molecule has 0 aliphatic rings. The molecule has 17 heavy (non-hydrogen) atoms. The van der Waals surface area contributed by atoms with Crippen LogP contribution in [-0.2, 0) is 0 Å². The molecule has 4 nitrogen and oxygen atoms in total. The standard InChI is InChI=1S/C11H10BrNO3S/c1-5(2)10-13-7(11(14)15)9(17-10)8-6(12)3-4-16-8/h3-5H,1-2H3,(H,14,15). The van der Waals surface area contributed by atoms with Gasteiger partial charge < -0.3 is 9.52 Å². The average Bonchev–Trinajstić information content (AvgIpc) is 2.82. The van der Waals surface area contributed by atoms with Crippen LogP contribution in [0.1, 0.15) is 35.3 Å². The van der Waals surface area contributed by atoms with Gasteiger partial charge in [-0.25, -0.2) is 9.78 Å². The number of rotatable bonds is 3. The van der Waals surface area contributed by atoms with Crippen LogP contribution >= 0.6 is 27.3 Å². The summed E-state index contributed by atoms with van der Waals surface area (Å²) >= 11 is 4.68. The van der Waals surface area contributed by atoms with Gasteiger partial charge in [-0.05, 0) is 22.0 Å². The molecule has 0 saturated heterocycles. The lowest BCUT2D eigenvalue weighted by molar-refractivity contribution is 0.0691. The zero-order valence-electron chi connectivity index (χ0n) is 9.23. The lowest BCUT2D eigenvalue weighted by Crippen LogP contribution is -1.99. The highest BCUT2D eigenvalue weighted by Crippen LogP contribution is 2.37. The van der Waals surface area contributed by atoms with Crippen molar-refractivity contribution in [2.75, 3.05) is 0 Å². The van der Waals surface area contributed by atoms with Gasteiger partial charge in [0, 0.05) is 5.92 Å². The van der Waals surface area contributed by atoms with Crippen molar-refractivity contribution >= 4 is 33.2 Å². The van der Waals surface area contributed by atoms with Gasteiger partial charge >= 0.3 is 5.97 Å². The molecule has 0 spiro atoms. The topological polar surface area (TPSA) is 63.3 Å². The summed E-state index contributed by atoms with van der Waals surface area (Å²) in [5.41, 5.74) is 0.0503. The molecule has 0 aromatic carbocycles. The van der Waals surface area contributed by atoms with Crippen LogP contribution in [0.25, 0.3) is 10.6 Å². The van der Waals surface area contributed by atoms with E-state index in [2.05, 4.69) is 20.9 Å². The molecule has 0 aliphatic carbocycles. The minimum atomic E-state index is -1.04. The number of hydrogen-bond acceptors (Lipinski definition) is 4.